The van der Waals surface area contributed by atoms with E-state index in [1.807, 2.05) is 6.07 Å². The number of carbonyl (C=O) groups is 1. The molecule has 2 N–H and O–H groups in total. The van der Waals surface area contributed by atoms with Crippen molar-refractivity contribution in [2.45, 2.75) is 56.7 Å². The lowest BCUT2D eigenvalue weighted by atomic mass is 9.91. The molecule has 2 heterocycles. The van der Waals surface area contributed by atoms with Crippen molar-refractivity contribution in [3.8, 4) is 6.07 Å². The summed E-state index contributed by atoms with van der Waals surface area (Å²) in [5.74, 6) is 0.795. The van der Waals surface area contributed by atoms with Gasteiger partial charge in [0.25, 0.3) is 0 Å². The van der Waals surface area contributed by atoms with Gasteiger partial charge in [0.1, 0.15) is 11.9 Å². The average molecular weight is 363 g/mol. The Morgan fingerprint density at radius 3 is 2.80 bits per heavy atom. The quantitative estimate of drug-likeness (QED) is 0.777. The zero-order chi connectivity index (χ0) is 17.6. The number of nitrogens with one attached hydrogen (secondary N) is 2. The van der Waals surface area contributed by atoms with E-state index in [0.29, 0.717) is 25.2 Å². The highest BCUT2D eigenvalue weighted by atomic mass is 35.5. The lowest BCUT2D eigenvalue weighted by Crippen LogP contribution is -2.45. The molecule has 8 heteroatoms. The molecule has 0 aromatic carbocycles. The second kappa shape index (κ2) is 8.45. The molecule has 3 rings (SSSR count). The first-order valence-corrected chi connectivity index (χ1v) is 9.21. The van der Waals surface area contributed by atoms with Gasteiger partial charge in [0.05, 0.1) is 12.6 Å². The van der Waals surface area contributed by atoms with Crippen molar-refractivity contribution < 1.29 is 4.79 Å². The van der Waals surface area contributed by atoms with Crippen LogP contribution in [0.3, 0.4) is 0 Å². The van der Waals surface area contributed by atoms with E-state index in [2.05, 4.69) is 26.7 Å². The van der Waals surface area contributed by atoms with Crippen molar-refractivity contribution in [1.29, 1.82) is 5.26 Å². The van der Waals surface area contributed by atoms with Gasteiger partial charge in [-0.25, -0.2) is 9.97 Å². The van der Waals surface area contributed by atoms with Crippen LogP contribution >= 0.6 is 11.6 Å². The maximum atomic E-state index is 12.3. The number of aromatic nitrogens is 2. The first-order valence-electron chi connectivity index (χ1n) is 8.83. The van der Waals surface area contributed by atoms with Gasteiger partial charge >= 0.3 is 0 Å². The molecule has 0 radical (unpaired) electrons. The molecule has 1 saturated carbocycles. The van der Waals surface area contributed by atoms with E-state index in [-0.39, 0.29) is 17.2 Å². The average Bonchev–Trinajstić information content (AvgIpc) is 3.10. The number of hydrogen-bond donors (Lipinski definition) is 2. The normalized spacial score (nSPS) is 26.2. The van der Waals surface area contributed by atoms with Gasteiger partial charge in [0, 0.05) is 24.8 Å². The third-order valence-electron chi connectivity index (χ3n) is 4.97. The largest absolute Gasteiger partial charge is 0.367 e. The van der Waals surface area contributed by atoms with Crippen LogP contribution in [-0.4, -0.2) is 52.0 Å². The zero-order valence-electron chi connectivity index (χ0n) is 14.1. The van der Waals surface area contributed by atoms with E-state index in [0.717, 1.165) is 44.3 Å². The summed E-state index contributed by atoms with van der Waals surface area (Å²) in [6, 6.07) is 4.50. The van der Waals surface area contributed by atoms with Crippen LogP contribution in [-0.2, 0) is 4.79 Å². The molecule has 1 aliphatic carbocycles. The van der Waals surface area contributed by atoms with Crippen molar-refractivity contribution in [3.05, 3.63) is 17.5 Å². The summed E-state index contributed by atoms with van der Waals surface area (Å²) in [7, 11) is 0. The maximum absolute atomic E-state index is 12.3. The number of nitrogens with zero attached hydrogens (tertiary/aromatic N) is 4. The van der Waals surface area contributed by atoms with E-state index >= 15 is 0 Å². The van der Waals surface area contributed by atoms with Crippen LogP contribution in [0.15, 0.2) is 12.3 Å². The maximum Gasteiger partial charge on any atom is 0.237 e. The second-order valence-electron chi connectivity index (χ2n) is 6.66. The number of nitriles is 1. The number of anilines is 1. The SMILES string of the molecule is N#C[C@@H]1CCCN1C(=O)CNC1CCC(Nc2ccnc(Cl)n2)CC1. The van der Waals surface area contributed by atoms with Crippen LogP contribution in [0.4, 0.5) is 5.82 Å². The number of hydrogen-bond acceptors (Lipinski definition) is 6. The summed E-state index contributed by atoms with van der Waals surface area (Å²) in [4.78, 5) is 22.0. The molecule has 1 aromatic rings. The standard InChI is InChI=1S/C17H23ClN6O/c18-17-20-8-7-15(23-17)22-13-5-3-12(4-6-13)21-11-16(25)24-9-1-2-14(24)10-19/h7-8,12-14,21H,1-6,9,11H2,(H,20,22,23)/t12?,13?,14-/m0/s1. The van der Waals surface area contributed by atoms with Gasteiger partial charge in [0.15, 0.2) is 0 Å². The second-order valence-corrected chi connectivity index (χ2v) is 7.00. The van der Waals surface area contributed by atoms with Crippen LogP contribution < -0.4 is 10.6 Å². The Kier molecular flexibility index (Phi) is 6.05. The molecule has 0 bridgehead atoms. The van der Waals surface area contributed by atoms with Crippen LogP contribution in [0.1, 0.15) is 38.5 Å². The first-order chi connectivity index (χ1) is 12.2. The minimum absolute atomic E-state index is 0.0416. The van der Waals surface area contributed by atoms with Gasteiger partial charge in [-0.3, -0.25) is 4.79 Å². The topological polar surface area (TPSA) is 93.9 Å². The van der Waals surface area contributed by atoms with Crippen LogP contribution in [0.25, 0.3) is 0 Å². The van der Waals surface area contributed by atoms with Crippen molar-refractivity contribution >= 4 is 23.3 Å². The third-order valence-corrected chi connectivity index (χ3v) is 5.15. The van der Waals surface area contributed by atoms with E-state index in [1.54, 1.807) is 11.1 Å². The number of halogens is 1. The molecule has 134 valence electrons. The lowest BCUT2D eigenvalue weighted by molar-refractivity contribution is -0.130. The number of likely N-dealkylation sites (tertiary alicyclic amines) is 1. The van der Waals surface area contributed by atoms with Crippen LogP contribution in [0, 0.1) is 11.3 Å². The smallest absolute Gasteiger partial charge is 0.237 e. The van der Waals surface area contributed by atoms with Gasteiger partial charge < -0.3 is 15.5 Å². The summed E-state index contributed by atoms with van der Waals surface area (Å²) in [6.45, 7) is 1.03. The zero-order valence-corrected chi connectivity index (χ0v) is 14.9. The predicted molar refractivity (Wildman–Crippen MR) is 95.1 cm³/mol. The Morgan fingerprint density at radius 1 is 1.32 bits per heavy atom. The summed E-state index contributed by atoms with van der Waals surface area (Å²) >= 11 is 5.80. The van der Waals surface area contributed by atoms with Crippen molar-refractivity contribution in [2.75, 3.05) is 18.4 Å². The molecule has 0 spiro atoms. The minimum Gasteiger partial charge on any atom is -0.367 e. The molecular weight excluding hydrogens is 340 g/mol. The summed E-state index contributed by atoms with van der Waals surface area (Å²) < 4.78 is 0. The fraction of sp³-hybridized carbons (Fsp3) is 0.647. The summed E-state index contributed by atoms with van der Waals surface area (Å²) in [5.41, 5.74) is 0. The monoisotopic (exact) mass is 362 g/mol. The van der Waals surface area contributed by atoms with Crippen molar-refractivity contribution in [2.24, 2.45) is 0 Å². The van der Waals surface area contributed by atoms with Crippen LogP contribution in [0.2, 0.25) is 5.28 Å². The van der Waals surface area contributed by atoms with E-state index in [1.165, 1.54) is 0 Å². The Labute approximate surface area is 152 Å². The van der Waals surface area contributed by atoms with Crippen molar-refractivity contribution in [1.82, 2.24) is 20.2 Å². The number of rotatable bonds is 5. The Bertz CT molecular complexity index is 640. The van der Waals surface area contributed by atoms with Gasteiger partial charge in [-0.1, -0.05) is 0 Å². The van der Waals surface area contributed by atoms with Gasteiger partial charge in [-0.05, 0) is 56.2 Å². The molecule has 1 saturated heterocycles. The van der Waals surface area contributed by atoms with E-state index in [9.17, 15) is 4.79 Å². The molecule has 7 nitrogen and oxygen atoms in total. The molecule has 2 fully saturated rings. The molecule has 1 aliphatic heterocycles. The third kappa shape index (κ3) is 4.80. The van der Waals surface area contributed by atoms with E-state index < -0.39 is 0 Å². The summed E-state index contributed by atoms with van der Waals surface area (Å²) in [6.07, 6.45) is 7.40. The number of carbonyl (C=O) groups excluding carboxylic acids is 1. The Balaban J connectivity index is 1.39. The van der Waals surface area contributed by atoms with Gasteiger partial charge in [0.2, 0.25) is 11.2 Å². The van der Waals surface area contributed by atoms with Crippen molar-refractivity contribution in [3.63, 3.8) is 0 Å². The minimum atomic E-state index is -0.242. The fourth-order valence-electron chi connectivity index (χ4n) is 3.60. The first kappa shape index (κ1) is 17.9. The molecule has 1 aromatic heterocycles. The molecule has 25 heavy (non-hydrogen) atoms. The molecule has 1 amide bonds. The van der Waals surface area contributed by atoms with E-state index in [4.69, 9.17) is 16.9 Å². The molecule has 1 atom stereocenters. The van der Waals surface area contributed by atoms with Gasteiger partial charge in [-0.2, -0.15) is 5.26 Å². The highest BCUT2D eigenvalue weighted by molar-refractivity contribution is 6.28. The highest BCUT2D eigenvalue weighted by Crippen LogP contribution is 2.22. The molecule has 0 unspecified atom stereocenters. The van der Waals surface area contributed by atoms with Gasteiger partial charge in [-0.15, -0.1) is 0 Å². The summed E-state index contributed by atoms with van der Waals surface area (Å²) in [5, 5.41) is 16.1. The number of amides is 1. The lowest BCUT2D eigenvalue weighted by Gasteiger charge is -2.30. The highest BCUT2D eigenvalue weighted by Gasteiger charge is 2.29. The predicted octanol–water partition coefficient (Wildman–Crippen LogP) is 1.96. The fourth-order valence-corrected chi connectivity index (χ4v) is 3.75. The van der Waals surface area contributed by atoms with Crippen LogP contribution in [0.5, 0.6) is 0 Å². The molecular formula is C17H23ClN6O. The Hall–Kier alpha value is -1.91. The molecule has 2 aliphatic rings. The Morgan fingerprint density at radius 2 is 2.08 bits per heavy atom.